The predicted molar refractivity (Wildman–Crippen MR) is 75.2 cm³/mol. The Hall–Kier alpha value is -1.00. The molecule has 0 spiro atoms. The number of likely N-dealkylation sites (tertiary alicyclic amines) is 1. The van der Waals surface area contributed by atoms with Gasteiger partial charge in [-0.25, -0.2) is 8.78 Å². The maximum Gasteiger partial charge on any atom is 0.130 e. The number of hydrogen-bond donors (Lipinski definition) is 1. The lowest BCUT2D eigenvalue weighted by Gasteiger charge is -2.30. The molecular weight excluding hydrogens is 258 g/mol. The molecule has 4 unspecified atom stereocenters. The van der Waals surface area contributed by atoms with E-state index in [1.165, 1.54) is 31.0 Å². The highest BCUT2D eigenvalue weighted by Crippen LogP contribution is 2.39. The fourth-order valence-electron chi connectivity index (χ4n) is 3.96. The first-order valence-corrected chi connectivity index (χ1v) is 7.51. The minimum atomic E-state index is -0.448. The van der Waals surface area contributed by atoms with E-state index in [4.69, 9.17) is 5.73 Å². The van der Waals surface area contributed by atoms with Gasteiger partial charge in [0.05, 0.1) is 0 Å². The molecule has 0 amide bonds. The van der Waals surface area contributed by atoms with E-state index in [0.29, 0.717) is 11.8 Å². The van der Waals surface area contributed by atoms with Crippen molar-refractivity contribution in [2.75, 3.05) is 13.1 Å². The third-order valence-electron chi connectivity index (χ3n) is 5.15. The van der Waals surface area contributed by atoms with Crippen molar-refractivity contribution in [3.8, 4) is 0 Å². The van der Waals surface area contributed by atoms with Crippen molar-refractivity contribution >= 4 is 0 Å². The van der Waals surface area contributed by atoms with Gasteiger partial charge in [-0.2, -0.15) is 0 Å². The first-order chi connectivity index (χ1) is 9.58. The minimum absolute atomic E-state index is 0.194. The number of benzene rings is 1. The van der Waals surface area contributed by atoms with Crippen molar-refractivity contribution in [2.45, 2.75) is 38.3 Å². The molecule has 0 aromatic heterocycles. The van der Waals surface area contributed by atoms with Crippen molar-refractivity contribution in [3.63, 3.8) is 0 Å². The van der Waals surface area contributed by atoms with Gasteiger partial charge in [0.15, 0.2) is 0 Å². The van der Waals surface area contributed by atoms with E-state index < -0.39 is 11.6 Å². The van der Waals surface area contributed by atoms with Crippen LogP contribution in [0.5, 0.6) is 0 Å². The lowest BCUT2D eigenvalue weighted by atomic mass is 9.78. The lowest BCUT2D eigenvalue weighted by Crippen LogP contribution is -2.38. The van der Waals surface area contributed by atoms with Crippen LogP contribution in [-0.4, -0.2) is 24.0 Å². The molecule has 110 valence electrons. The average Bonchev–Trinajstić information content (AvgIpc) is 2.84. The zero-order chi connectivity index (χ0) is 14.3. The highest BCUT2D eigenvalue weighted by molar-refractivity contribution is 5.23. The summed E-state index contributed by atoms with van der Waals surface area (Å²) in [7, 11) is 0. The summed E-state index contributed by atoms with van der Waals surface area (Å²) < 4.78 is 27.8. The number of hydrogen-bond acceptors (Lipinski definition) is 2. The molecule has 4 heteroatoms. The molecule has 1 aliphatic carbocycles. The van der Waals surface area contributed by atoms with Gasteiger partial charge >= 0.3 is 0 Å². The van der Waals surface area contributed by atoms with E-state index >= 15 is 0 Å². The zero-order valence-corrected chi connectivity index (χ0v) is 11.9. The molecule has 1 saturated heterocycles. The Morgan fingerprint density at radius 1 is 1.20 bits per heavy atom. The smallest absolute Gasteiger partial charge is 0.130 e. The maximum atomic E-state index is 13.9. The normalized spacial score (nSPS) is 32.1. The molecule has 1 aliphatic heterocycles. The zero-order valence-electron chi connectivity index (χ0n) is 11.9. The van der Waals surface area contributed by atoms with Crippen molar-refractivity contribution < 1.29 is 8.78 Å². The van der Waals surface area contributed by atoms with E-state index in [1.54, 1.807) is 0 Å². The molecule has 2 fully saturated rings. The second-order valence-corrected chi connectivity index (χ2v) is 6.28. The van der Waals surface area contributed by atoms with Gasteiger partial charge in [-0.3, -0.25) is 4.90 Å². The van der Waals surface area contributed by atoms with Crippen LogP contribution in [0, 0.1) is 23.5 Å². The number of fused-ring (bicyclic) bond motifs is 1. The number of halogens is 2. The van der Waals surface area contributed by atoms with Crippen LogP contribution < -0.4 is 5.73 Å². The van der Waals surface area contributed by atoms with E-state index in [9.17, 15) is 8.78 Å². The Bertz CT molecular complexity index is 471. The standard InChI is InChI=1S/C16H22F2N2/c1-10(16-13(17)5-3-6-14(16)18)20-8-11-4-2-7-15(19)12(11)9-20/h3,5-6,10-12,15H,2,4,7-9,19H2,1H3. The molecule has 0 radical (unpaired) electrons. The molecule has 4 atom stereocenters. The fourth-order valence-corrected chi connectivity index (χ4v) is 3.96. The molecule has 2 aliphatic rings. The van der Waals surface area contributed by atoms with Crippen LogP contribution in [0.1, 0.15) is 37.8 Å². The van der Waals surface area contributed by atoms with Crippen molar-refractivity contribution in [3.05, 3.63) is 35.4 Å². The second-order valence-electron chi connectivity index (χ2n) is 6.28. The van der Waals surface area contributed by atoms with Crippen molar-refractivity contribution in [2.24, 2.45) is 17.6 Å². The molecule has 0 bridgehead atoms. The summed E-state index contributed by atoms with van der Waals surface area (Å²) in [6.07, 6.45) is 3.46. The van der Waals surface area contributed by atoms with Gasteiger partial charge in [-0.15, -0.1) is 0 Å². The van der Waals surface area contributed by atoms with Gasteiger partial charge in [0.2, 0.25) is 0 Å². The largest absolute Gasteiger partial charge is 0.327 e. The summed E-state index contributed by atoms with van der Waals surface area (Å²) in [5, 5.41) is 0. The highest BCUT2D eigenvalue weighted by Gasteiger charge is 2.40. The van der Waals surface area contributed by atoms with Crippen LogP contribution in [-0.2, 0) is 0 Å². The van der Waals surface area contributed by atoms with Crippen LogP contribution in [0.25, 0.3) is 0 Å². The van der Waals surface area contributed by atoms with E-state index in [1.807, 2.05) is 6.92 Å². The Morgan fingerprint density at radius 2 is 1.90 bits per heavy atom. The van der Waals surface area contributed by atoms with E-state index in [0.717, 1.165) is 19.5 Å². The first-order valence-electron chi connectivity index (χ1n) is 7.51. The summed E-state index contributed by atoms with van der Waals surface area (Å²) in [6.45, 7) is 3.67. The molecule has 1 aromatic rings. The van der Waals surface area contributed by atoms with Crippen LogP contribution in [0.15, 0.2) is 18.2 Å². The number of nitrogens with two attached hydrogens (primary N) is 1. The third kappa shape index (κ3) is 2.35. The number of nitrogens with zero attached hydrogens (tertiary/aromatic N) is 1. The highest BCUT2D eigenvalue weighted by atomic mass is 19.1. The fraction of sp³-hybridized carbons (Fsp3) is 0.625. The molecule has 2 N–H and O–H groups in total. The van der Waals surface area contributed by atoms with Gasteiger partial charge in [0, 0.05) is 30.7 Å². The molecule has 1 saturated carbocycles. The monoisotopic (exact) mass is 280 g/mol. The van der Waals surface area contributed by atoms with Crippen LogP contribution >= 0.6 is 0 Å². The van der Waals surface area contributed by atoms with E-state index in [2.05, 4.69) is 4.90 Å². The lowest BCUT2D eigenvalue weighted by molar-refractivity contribution is 0.236. The number of rotatable bonds is 2. The maximum absolute atomic E-state index is 13.9. The van der Waals surface area contributed by atoms with Crippen LogP contribution in [0.3, 0.4) is 0 Å². The molecule has 20 heavy (non-hydrogen) atoms. The Morgan fingerprint density at radius 3 is 2.55 bits per heavy atom. The van der Waals surface area contributed by atoms with Crippen molar-refractivity contribution in [1.82, 2.24) is 4.90 Å². The SMILES string of the molecule is CC(c1c(F)cccc1F)N1CC2CCCC(N)C2C1. The average molecular weight is 280 g/mol. The molecule has 1 aromatic carbocycles. The predicted octanol–water partition coefficient (Wildman–Crippen LogP) is 3.09. The van der Waals surface area contributed by atoms with Gasteiger partial charge < -0.3 is 5.73 Å². The van der Waals surface area contributed by atoms with Gasteiger partial charge in [-0.05, 0) is 43.7 Å². The summed E-state index contributed by atoms with van der Waals surface area (Å²) >= 11 is 0. The summed E-state index contributed by atoms with van der Waals surface area (Å²) in [4.78, 5) is 2.20. The third-order valence-corrected chi connectivity index (χ3v) is 5.15. The topological polar surface area (TPSA) is 29.3 Å². The Labute approximate surface area is 118 Å². The first kappa shape index (κ1) is 14.0. The van der Waals surface area contributed by atoms with Gasteiger partial charge in [-0.1, -0.05) is 12.5 Å². The summed E-state index contributed by atoms with van der Waals surface area (Å²) in [6, 6.07) is 4.11. The summed E-state index contributed by atoms with van der Waals surface area (Å²) in [5.74, 6) is 0.186. The van der Waals surface area contributed by atoms with Gasteiger partial charge in [0.25, 0.3) is 0 Å². The molecule has 2 nitrogen and oxygen atoms in total. The molecule has 3 rings (SSSR count). The Balaban J connectivity index is 1.80. The van der Waals surface area contributed by atoms with E-state index in [-0.39, 0.29) is 17.6 Å². The Kier molecular flexibility index (Phi) is 3.78. The quantitative estimate of drug-likeness (QED) is 0.902. The second kappa shape index (κ2) is 5.41. The minimum Gasteiger partial charge on any atom is -0.327 e. The van der Waals surface area contributed by atoms with Gasteiger partial charge in [0.1, 0.15) is 11.6 Å². The van der Waals surface area contributed by atoms with Crippen LogP contribution in [0.4, 0.5) is 8.78 Å². The summed E-state index contributed by atoms with van der Waals surface area (Å²) in [5.41, 5.74) is 6.40. The molecular formula is C16H22F2N2. The van der Waals surface area contributed by atoms with Crippen molar-refractivity contribution in [1.29, 1.82) is 0 Å². The molecule has 1 heterocycles. The van der Waals surface area contributed by atoms with Crippen LogP contribution in [0.2, 0.25) is 0 Å².